The molecule has 0 radical (unpaired) electrons. The number of thiocarbonyl (C=S) groups is 1. The molecule has 0 unspecified atom stereocenters. The average molecular weight is 324 g/mol. The molecule has 0 aliphatic carbocycles. The summed E-state index contributed by atoms with van der Waals surface area (Å²) in [4.78, 5) is 8.36. The number of rotatable bonds is 3. The van der Waals surface area contributed by atoms with Crippen LogP contribution < -0.4 is 10.5 Å². The minimum Gasteiger partial charge on any atom is -0.424 e. The highest BCUT2D eigenvalue weighted by molar-refractivity contribution is 9.10. The van der Waals surface area contributed by atoms with Crippen LogP contribution in [-0.4, -0.2) is 15.0 Å². The number of hydrogen-bond donors (Lipinski definition) is 1. The Bertz CT molecular complexity index is 604. The van der Waals surface area contributed by atoms with Crippen LogP contribution in [-0.2, 0) is 0 Å². The average Bonchev–Trinajstić information content (AvgIpc) is 2.33. The third-order valence-corrected chi connectivity index (χ3v) is 2.93. The number of aryl methyl sites for hydroxylation is 1. The summed E-state index contributed by atoms with van der Waals surface area (Å²) in [6.45, 7) is 1.94. The number of aromatic nitrogens is 2. The highest BCUT2D eigenvalue weighted by Crippen LogP contribution is 2.25. The maximum absolute atomic E-state index is 5.60. The molecule has 92 valence electrons. The van der Waals surface area contributed by atoms with Crippen molar-refractivity contribution < 1.29 is 4.74 Å². The molecule has 0 atom stereocenters. The van der Waals surface area contributed by atoms with E-state index < -0.39 is 0 Å². The maximum Gasteiger partial charge on any atom is 0.322 e. The summed E-state index contributed by atoms with van der Waals surface area (Å²) in [5, 5.41) is 0. The second kappa shape index (κ2) is 5.41. The van der Waals surface area contributed by atoms with Crippen molar-refractivity contribution in [3.8, 4) is 11.8 Å². The second-order valence-electron chi connectivity index (χ2n) is 3.60. The highest BCUT2D eigenvalue weighted by atomic mass is 79.9. The van der Waals surface area contributed by atoms with Crippen LogP contribution >= 0.6 is 28.1 Å². The minimum atomic E-state index is 0.217. The van der Waals surface area contributed by atoms with E-state index in [1.54, 1.807) is 12.3 Å². The molecule has 18 heavy (non-hydrogen) atoms. The molecule has 0 saturated heterocycles. The van der Waals surface area contributed by atoms with Crippen LogP contribution in [0.4, 0.5) is 0 Å². The summed E-state index contributed by atoms with van der Waals surface area (Å²) < 4.78 is 6.59. The highest BCUT2D eigenvalue weighted by Gasteiger charge is 2.06. The Labute approximate surface area is 118 Å². The molecule has 0 amide bonds. The molecule has 0 spiro atoms. The molecule has 2 N–H and O–H groups in total. The van der Waals surface area contributed by atoms with Gasteiger partial charge in [-0.1, -0.05) is 28.1 Å². The van der Waals surface area contributed by atoms with E-state index in [9.17, 15) is 0 Å². The summed E-state index contributed by atoms with van der Waals surface area (Å²) >= 11 is 8.25. The zero-order chi connectivity index (χ0) is 13.1. The predicted octanol–water partition coefficient (Wildman–Crippen LogP) is 2.97. The van der Waals surface area contributed by atoms with Gasteiger partial charge < -0.3 is 10.5 Å². The van der Waals surface area contributed by atoms with E-state index in [0.29, 0.717) is 11.4 Å². The molecule has 2 aromatic rings. The smallest absolute Gasteiger partial charge is 0.322 e. The van der Waals surface area contributed by atoms with Crippen molar-refractivity contribution in [2.45, 2.75) is 6.92 Å². The van der Waals surface area contributed by atoms with Gasteiger partial charge in [0.05, 0.1) is 0 Å². The number of nitrogens with two attached hydrogens (primary N) is 1. The first-order valence-corrected chi connectivity index (χ1v) is 6.33. The van der Waals surface area contributed by atoms with Gasteiger partial charge in [0.25, 0.3) is 0 Å². The van der Waals surface area contributed by atoms with Gasteiger partial charge >= 0.3 is 6.01 Å². The van der Waals surface area contributed by atoms with E-state index in [1.807, 2.05) is 25.1 Å². The molecule has 0 bridgehead atoms. The van der Waals surface area contributed by atoms with Crippen molar-refractivity contribution in [1.29, 1.82) is 0 Å². The summed E-state index contributed by atoms with van der Waals surface area (Å²) in [6, 6.07) is 7.55. The Balaban J connectivity index is 2.28. The molecule has 0 aliphatic heterocycles. The normalized spacial score (nSPS) is 10.1. The molecular formula is C12H10BrN3OS. The van der Waals surface area contributed by atoms with Crippen LogP contribution in [0.3, 0.4) is 0 Å². The Morgan fingerprint density at radius 2 is 2.17 bits per heavy atom. The Hall–Kier alpha value is -1.53. The second-order valence-corrected chi connectivity index (χ2v) is 4.96. The van der Waals surface area contributed by atoms with Crippen LogP contribution in [0, 0.1) is 6.92 Å². The first-order chi connectivity index (χ1) is 8.56. The molecule has 0 aliphatic rings. The minimum absolute atomic E-state index is 0.217. The van der Waals surface area contributed by atoms with E-state index in [1.165, 1.54) is 0 Å². The van der Waals surface area contributed by atoms with Gasteiger partial charge in [0.1, 0.15) is 16.4 Å². The van der Waals surface area contributed by atoms with E-state index >= 15 is 0 Å². The van der Waals surface area contributed by atoms with E-state index in [4.69, 9.17) is 22.7 Å². The number of halogens is 1. The van der Waals surface area contributed by atoms with Crippen molar-refractivity contribution in [1.82, 2.24) is 9.97 Å². The third-order valence-electron chi connectivity index (χ3n) is 2.22. The van der Waals surface area contributed by atoms with Crippen LogP contribution in [0.25, 0.3) is 0 Å². The largest absolute Gasteiger partial charge is 0.424 e. The Kier molecular flexibility index (Phi) is 3.88. The SMILES string of the molecule is Cc1cc(Br)ccc1Oc1nccc(C(N)=S)n1. The summed E-state index contributed by atoms with van der Waals surface area (Å²) in [5.41, 5.74) is 6.98. The zero-order valence-electron chi connectivity index (χ0n) is 9.55. The standard InChI is InChI=1S/C12H10BrN3OS/c1-7-6-8(13)2-3-10(7)17-12-15-5-4-9(16-12)11(14)18/h2-6H,1H3,(H2,14,18). The fourth-order valence-corrected chi connectivity index (χ4v) is 1.94. The van der Waals surface area contributed by atoms with Gasteiger partial charge in [-0.3, -0.25) is 0 Å². The van der Waals surface area contributed by atoms with Gasteiger partial charge in [-0.15, -0.1) is 0 Å². The first-order valence-electron chi connectivity index (χ1n) is 5.13. The number of hydrogen-bond acceptors (Lipinski definition) is 4. The lowest BCUT2D eigenvalue weighted by Crippen LogP contribution is -2.12. The van der Waals surface area contributed by atoms with E-state index in [2.05, 4.69) is 25.9 Å². The van der Waals surface area contributed by atoms with Crippen molar-refractivity contribution in [2.24, 2.45) is 5.73 Å². The fraction of sp³-hybridized carbons (Fsp3) is 0.0833. The van der Waals surface area contributed by atoms with Gasteiger partial charge in [0, 0.05) is 10.7 Å². The van der Waals surface area contributed by atoms with Crippen LogP contribution in [0.1, 0.15) is 11.3 Å². The number of ether oxygens (including phenoxy) is 1. The van der Waals surface area contributed by atoms with Crippen LogP contribution in [0.5, 0.6) is 11.8 Å². The number of benzene rings is 1. The molecule has 0 saturated carbocycles. The lowest BCUT2D eigenvalue weighted by Gasteiger charge is -2.07. The lowest BCUT2D eigenvalue weighted by molar-refractivity contribution is 0.438. The summed E-state index contributed by atoms with van der Waals surface area (Å²) in [5.74, 6) is 0.693. The first kappa shape index (κ1) is 12.9. The van der Waals surface area contributed by atoms with Gasteiger partial charge in [0.15, 0.2) is 0 Å². The molecule has 6 heteroatoms. The Morgan fingerprint density at radius 3 is 2.83 bits per heavy atom. The monoisotopic (exact) mass is 323 g/mol. The summed E-state index contributed by atoms with van der Waals surface area (Å²) in [7, 11) is 0. The molecule has 1 heterocycles. The molecule has 1 aromatic carbocycles. The van der Waals surface area contributed by atoms with Crippen molar-refractivity contribution in [3.63, 3.8) is 0 Å². The van der Waals surface area contributed by atoms with Crippen LogP contribution in [0.2, 0.25) is 0 Å². The van der Waals surface area contributed by atoms with Crippen LogP contribution in [0.15, 0.2) is 34.9 Å². The lowest BCUT2D eigenvalue weighted by atomic mass is 10.2. The predicted molar refractivity (Wildman–Crippen MR) is 76.9 cm³/mol. The third kappa shape index (κ3) is 3.02. The van der Waals surface area contributed by atoms with Gasteiger partial charge in [-0.05, 0) is 36.8 Å². The van der Waals surface area contributed by atoms with Crippen molar-refractivity contribution in [3.05, 3.63) is 46.2 Å². The quantitative estimate of drug-likeness (QED) is 0.880. The zero-order valence-corrected chi connectivity index (χ0v) is 12.0. The van der Waals surface area contributed by atoms with Gasteiger partial charge in [0.2, 0.25) is 0 Å². The number of nitrogens with zero attached hydrogens (tertiary/aromatic N) is 2. The summed E-state index contributed by atoms with van der Waals surface area (Å²) in [6.07, 6.45) is 1.56. The van der Waals surface area contributed by atoms with E-state index in [-0.39, 0.29) is 11.0 Å². The van der Waals surface area contributed by atoms with Gasteiger partial charge in [-0.25, -0.2) is 4.98 Å². The molecule has 4 nitrogen and oxygen atoms in total. The fourth-order valence-electron chi connectivity index (χ4n) is 1.35. The van der Waals surface area contributed by atoms with Gasteiger partial charge in [-0.2, -0.15) is 4.98 Å². The molecule has 0 fully saturated rings. The van der Waals surface area contributed by atoms with Crippen molar-refractivity contribution in [2.75, 3.05) is 0 Å². The molecule has 2 rings (SSSR count). The van der Waals surface area contributed by atoms with Crippen molar-refractivity contribution >= 4 is 33.1 Å². The Morgan fingerprint density at radius 1 is 1.39 bits per heavy atom. The topological polar surface area (TPSA) is 61.0 Å². The molecule has 1 aromatic heterocycles. The van der Waals surface area contributed by atoms with E-state index in [0.717, 1.165) is 10.0 Å². The maximum atomic E-state index is 5.60. The molecular weight excluding hydrogens is 314 g/mol.